The standard InChI is InChI=1S/C17H27N3/c1-14-6-2-3-8-16(14)17(12-18)20-11-5-10-19-9-4-7-15(19)13-20/h2-3,6,8,15,17H,4-5,7,9-13,18H2,1H3. The molecule has 2 N–H and O–H groups in total. The van der Waals surface area contributed by atoms with Gasteiger partial charge in [-0.25, -0.2) is 0 Å². The van der Waals surface area contributed by atoms with Gasteiger partial charge in [0.05, 0.1) is 0 Å². The van der Waals surface area contributed by atoms with Crippen LogP contribution in [-0.2, 0) is 0 Å². The Bertz CT molecular complexity index is 446. The summed E-state index contributed by atoms with van der Waals surface area (Å²) in [6, 6.07) is 9.87. The molecule has 2 saturated heterocycles. The van der Waals surface area contributed by atoms with Crippen molar-refractivity contribution in [3.05, 3.63) is 35.4 Å². The Morgan fingerprint density at radius 1 is 1.20 bits per heavy atom. The van der Waals surface area contributed by atoms with Crippen LogP contribution in [0.15, 0.2) is 24.3 Å². The Kier molecular flexibility index (Phi) is 4.39. The molecule has 3 heteroatoms. The van der Waals surface area contributed by atoms with Gasteiger partial charge in [0, 0.05) is 31.7 Å². The minimum absolute atomic E-state index is 0.386. The number of nitrogens with zero attached hydrogens (tertiary/aromatic N) is 2. The smallest absolute Gasteiger partial charge is 0.0473 e. The summed E-state index contributed by atoms with van der Waals surface area (Å²) < 4.78 is 0. The maximum Gasteiger partial charge on any atom is 0.0473 e. The van der Waals surface area contributed by atoms with E-state index in [2.05, 4.69) is 41.0 Å². The van der Waals surface area contributed by atoms with Crippen LogP contribution in [0, 0.1) is 6.92 Å². The second kappa shape index (κ2) is 6.25. The molecule has 0 bridgehead atoms. The Balaban J connectivity index is 1.80. The van der Waals surface area contributed by atoms with Crippen molar-refractivity contribution in [1.82, 2.24) is 9.80 Å². The summed E-state index contributed by atoms with van der Waals surface area (Å²) in [6.07, 6.45) is 4.01. The molecule has 2 aliphatic heterocycles. The van der Waals surface area contributed by atoms with Crippen molar-refractivity contribution in [2.75, 3.05) is 32.7 Å². The minimum atomic E-state index is 0.386. The van der Waals surface area contributed by atoms with Gasteiger partial charge in [0.15, 0.2) is 0 Å². The summed E-state index contributed by atoms with van der Waals surface area (Å²) in [4.78, 5) is 5.32. The topological polar surface area (TPSA) is 32.5 Å². The molecule has 1 aromatic carbocycles. The first-order chi connectivity index (χ1) is 9.79. The van der Waals surface area contributed by atoms with Gasteiger partial charge in [0.2, 0.25) is 0 Å². The highest BCUT2D eigenvalue weighted by Gasteiger charge is 2.31. The fourth-order valence-corrected chi connectivity index (χ4v) is 3.95. The molecule has 0 aromatic heterocycles. The lowest BCUT2D eigenvalue weighted by molar-refractivity contribution is 0.176. The maximum absolute atomic E-state index is 6.14. The summed E-state index contributed by atoms with van der Waals surface area (Å²) in [5, 5.41) is 0. The van der Waals surface area contributed by atoms with Gasteiger partial charge in [0.1, 0.15) is 0 Å². The molecule has 3 rings (SSSR count). The van der Waals surface area contributed by atoms with E-state index in [4.69, 9.17) is 5.73 Å². The molecule has 2 atom stereocenters. The Morgan fingerprint density at radius 2 is 2.00 bits per heavy atom. The van der Waals surface area contributed by atoms with Gasteiger partial charge in [-0.05, 0) is 50.4 Å². The molecule has 0 amide bonds. The van der Waals surface area contributed by atoms with E-state index >= 15 is 0 Å². The van der Waals surface area contributed by atoms with Crippen molar-refractivity contribution in [3.63, 3.8) is 0 Å². The predicted molar refractivity (Wildman–Crippen MR) is 83.8 cm³/mol. The Labute approximate surface area is 122 Å². The molecule has 3 nitrogen and oxygen atoms in total. The first-order valence-corrected chi connectivity index (χ1v) is 8.03. The van der Waals surface area contributed by atoms with Crippen LogP contribution >= 0.6 is 0 Å². The van der Waals surface area contributed by atoms with E-state index in [0.717, 1.165) is 12.6 Å². The van der Waals surface area contributed by atoms with Gasteiger partial charge in [-0.15, -0.1) is 0 Å². The summed E-state index contributed by atoms with van der Waals surface area (Å²) >= 11 is 0. The van der Waals surface area contributed by atoms with Gasteiger partial charge < -0.3 is 5.73 Å². The normalized spacial score (nSPS) is 26.2. The highest BCUT2D eigenvalue weighted by molar-refractivity contribution is 5.29. The van der Waals surface area contributed by atoms with E-state index in [-0.39, 0.29) is 0 Å². The maximum atomic E-state index is 6.14. The molecule has 0 radical (unpaired) electrons. The average Bonchev–Trinajstić information content (AvgIpc) is 2.80. The summed E-state index contributed by atoms with van der Waals surface area (Å²) in [7, 11) is 0. The lowest BCUT2D eigenvalue weighted by atomic mass is 9.99. The van der Waals surface area contributed by atoms with Crippen molar-refractivity contribution in [2.45, 2.75) is 38.3 Å². The molecule has 2 heterocycles. The Hall–Kier alpha value is -0.900. The second-order valence-corrected chi connectivity index (χ2v) is 6.29. The molecular weight excluding hydrogens is 246 g/mol. The van der Waals surface area contributed by atoms with Crippen molar-refractivity contribution >= 4 is 0 Å². The SMILES string of the molecule is Cc1ccccc1C(CN)N1CCCN2CCCC2C1. The van der Waals surface area contributed by atoms with Crippen molar-refractivity contribution < 1.29 is 0 Å². The van der Waals surface area contributed by atoms with Crippen molar-refractivity contribution in [1.29, 1.82) is 0 Å². The van der Waals surface area contributed by atoms with Crippen LogP contribution in [0.3, 0.4) is 0 Å². The van der Waals surface area contributed by atoms with E-state index in [0.29, 0.717) is 6.04 Å². The number of hydrogen-bond acceptors (Lipinski definition) is 3. The average molecular weight is 273 g/mol. The zero-order chi connectivity index (χ0) is 13.9. The second-order valence-electron chi connectivity index (χ2n) is 6.29. The lowest BCUT2D eigenvalue weighted by Gasteiger charge is -2.33. The Morgan fingerprint density at radius 3 is 2.80 bits per heavy atom. The summed E-state index contributed by atoms with van der Waals surface area (Å²) in [5.41, 5.74) is 8.93. The molecule has 20 heavy (non-hydrogen) atoms. The molecule has 2 fully saturated rings. The summed E-state index contributed by atoms with van der Waals surface area (Å²) in [6.45, 7) is 7.87. The fourth-order valence-electron chi connectivity index (χ4n) is 3.95. The predicted octanol–water partition coefficient (Wildman–Crippen LogP) is 2.16. The van der Waals surface area contributed by atoms with Crippen LogP contribution in [0.25, 0.3) is 0 Å². The van der Waals surface area contributed by atoms with E-state index in [1.807, 2.05) is 0 Å². The zero-order valence-corrected chi connectivity index (χ0v) is 12.6. The van der Waals surface area contributed by atoms with E-state index in [1.54, 1.807) is 0 Å². The number of hydrogen-bond donors (Lipinski definition) is 1. The number of benzene rings is 1. The van der Waals surface area contributed by atoms with Crippen LogP contribution in [0.2, 0.25) is 0 Å². The van der Waals surface area contributed by atoms with Gasteiger partial charge in [0.25, 0.3) is 0 Å². The van der Waals surface area contributed by atoms with Crippen LogP contribution < -0.4 is 5.73 Å². The number of fused-ring (bicyclic) bond motifs is 1. The van der Waals surface area contributed by atoms with Crippen LogP contribution in [0.4, 0.5) is 0 Å². The van der Waals surface area contributed by atoms with E-state index in [9.17, 15) is 0 Å². The molecule has 2 aliphatic rings. The minimum Gasteiger partial charge on any atom is -0.329 e. The number of aryl methyl sites for hydroxylation is 1. The third-order valence-electron chi connectivity index (χ3n) is 5.05. The van der Waals surface area contributed by atoms with Crippen LogP contribution in [-0.4, -0.2) is 48.6 Å². The third kappa shape index (κ3) is 2.76. The van der Waals surface area contributed by atoms with Crippen LogP contribution in [0.5, 0.6) is 0 Å². The van der Waals surface area contributed by atoms with Gasteiger partial charge in [-0.2, -0.15) is 0 Å². The highest BCUT2D eigenvalue weighted by Crippen LogP contribution is 2.28. The molecule has 0 saturated carbocycles. The van der Waals surface area contributed by atoms with Gasteiger partial charge >= 0.3 is 0 Å². The molecular formula is C17H27N3. The largest absolute Gasteiger partial charge is 0.329 e. The van der Waals surface area contributed by atoms with Crippen molar-refractivity contribution in [2.24, 2.45) is 5.73 Å². The zero-order valence-electron chi connectivity index (χ0n) is 12.6. The molecule has 110 valence electrons. The quantitative estimate of drug-likeness (QED) is 0.916. The monoisotopic (exact) mass is 273 g/mol. The molecule has 2 unspecified atom stereocenters. The fraction of sp³-hybridized carbons (Fsp3) is 0.647. The first kappa shape index (κ1) is 14.1. The van der Waals surface area contributed by atoms with E-state index in [1.165, 1.54) is 56.6 Å². The third-order valence-corrected chi connectivity index (χ3v) is 5.05. The highest BCUT2D eigenvalue weighted by atomic mass is 15.3. The van der Waals surface area contributed by atoms with Gasteiger partial charge in [-0.3, -0.25) is 9.80 Å². The summed E-state index contributed by atoms with van der Waals surface area (Å²) in [5.74, 6) is 0. The molecule has 0 aliphatic carbocycles. The number of rotatable bonds is 3. The number of nitrogens with two attached hydrogens (primary N) is 1. The van der Waals surface area contributed by atoms with Gasteiger partial charge in [-0.1, -0.05) is 24.3 Å². The molecule has 1 aromatic rings. The van der Waals surface area contributed by atoms with Crippen LogP contribution in [0.1, 0.15) is 36.4 Å². The first-order valence-electron chi connectivity index (χ1n) is 8.03. The van der Waals surface area contributed by atoms with Crippen molar-refractivity contribution in [3.8, 4) is 0 Å². The lowest BCUT2D eigenvalue weighted by Crippen LogP contribution is -2.40. The van der Waals surface area contributed by atoms with E-state index < -0.39 is 0 Å². The molecule has 0 spiro atoms.